The molecule has 1 aliphatic rings. The summed E-state index contributed by atoms with van der Waals surface area (Å²) in [6.45, 7) is 0.761. The van der Waals surface area contributed by atoms with Crippen molar-refractivity contribution in [1.82, 2.24) is 4.98 Å². The van der Waals surface area contributed by atoms with Gasteiger partial charge in [-0.1, -0.05) is 30.3 Å². The number of oxazole rings is 1. The predicted octanol–water partition coefficient (Wildman–Crippen LogP) is 3.48. The SMILES string of the molecule is COc1cc(C(=O)OCc2ncc(-c3ccccc3)o2)cc2c1OCCO2. The molecule has 0 unspecified atom stereocenters. The fourth-order valence-corrected chi connectivity index (χ4v) is 2.71. The van der Waals surface area contributed by atoms with Gasteiger partial charge in [0.05, 0.1) is 18.9 Å². The van der Waals surface area contributed by atoms with Gasteiger partial charge < -0.3 is 23.4 Å². The van der Waals surface area contributed by atoms with Gasteiger partial charge in [0.1, 0.15) is 13.2 Å². The van der Waals surface area contributed by atoms with E-state index in [1.54, 1.807) is 18.3 Å². The van der Waals surface area contributed by atoms with E-state index in [0.717, 1.165) is 5.56 Å². The van der Waals surface area contributed by atoms with Crippen LogP contribution in [0.25, 0.3) is 11.3 Å². The first-order chi connectivity index (χ1) is 13.2. The summed E-state index contributed by atoms with van der Waals surface area (Å²) in [6, 6.07) is 12.7. The van der Waals surface area contributed by atoms with Crippen LogP contribution in [0.2, 0.25) is 0 Å². The van der Waals surface area contributed by atoms with Crippen LogP contribution >= 0.6 is 0 Å². The van der Waals surface area contributed by atoms with Crippen molar-refractivity contribution in [3.63, 3.8) is 0 Å². The van der Waals surface area contributed by atoms with E-state index in [2.05, 4.69) is 4.98 Å². The molecule has 0 atom stereocenters. The first-order valence-corrected chi connectivity index (χ1v) is 8.39. The van der Waals surface area contributed by atoms with E-state index in [1.807, 2.05) is 30.3 Å². The van der Waals surface area contributed by atoms with Crippen LogP contribution in [0.1, 0.15) is 16.2 Å². The van der Waals surface area contributed by atoms with E-state index in [1.165, 1.54) is 7.11 Å². The van der Waals surface area contributed by atoms with Crippen LogP contribution in [0, 0.1) is 0 Å². The average Bonchev–Trinajstić information content (AvgIpc) is 3.21. The summed E-state index contributed by atoms with van der Waals surface area (Å²) in [7, 11) is 1.50. The number of rotatable bonds is 5. The minimum Gasteiger partial charge on any atom is -0.493 e. The normalized spacial score (nSPS) is 12.5. The molecule has 0 spiro atoms. The molecular formula is C20H17NO6. The molecule has 0 N–H and O–H groups in total. The van der Waals surface area contributed by atoms with Gasteiger partial charge in [0.25, 0.3) is 0 Å². The number of nitrogens with zero attached hydrogens (tertiary/aromatic N) is 1. The number of fused-ring (bicyclic) bond motifs is 1. The lowest BCUT2D eigenvalue weighted by Crippen LogP contribution is -2.17. The molecule has 2 heterocycles. The summed E-state index contributed by atoms with van der Waals surface area (Å²) in [5, 5.41) is 0. The average molecular weight is 367 g/mol. The lowest BCUT2D eigenvalue weighted by atomic mass is 10.1. The summed E-state index contributed by atoms with van der Waals surface area (Å²) < 4.78 is 27.3. The molecule has 1 aromatic heterocycles. The number of aromatic nitrogens is 1. The Balaban J connectivity index is 1.46. The van der Waals surface area contributed by atoms with Gasteiger partial charge in [-0.3, -0.25) is 0 Å². The number of methoxy groups -OCH3 is 1. The Kier molecular flexibility index (Phi) is 4.65. The maximum absolute atomic E-state index is 12.4. The monoisotopic (exact) mass is 367 g/mol. The van der Waals surface area contributed by atoms with Crippen molar-refractivity contribution in [3.8, 4) is 28.6 Å². The minimum atomic E-state index is -0.537. The van der Waals surface area contributed by atoms with Gasteiger partial charge in [0.2, 0.25) is 11.6 Å². The predicted molar refractivity (Wildman–Crippen MR) is 95.0 cm³/mol. The maximum Gasteiger partial charge on any atom is 0.338 e. The molecule has 1 aliphatic heterocycles. The van der Waals surface area contributed by atoms with Crippen LogP contribution in [0.5, 0.6) is 17.2 Å². The summed E-state index contributed by atoms with van der Waals surface area (Å²) in [6.07, 6.45) is 1.60. The number of hydrogen-bond acceptors (Lipinski definition) is 7. The number of ether oxygens (including phenoxy) is 4. The number of carbonyl (C=O) groups excluding carboxylic acids is 1. The molecule has 3 aromatic rings. The molecule has 7 nitrogen and oxygen atoms in total. The van der Waals surface area contributed by atoms with Crippen molar-refractivity contribution < 1.29 is 28.2 Å². The highest BCUT2D eigenvalue weighted by Gasteiger charge is 2.22. The first-order valence-electron chi connectivity index (χ1n) is 8.39. The molecule has 0 fully saturated rings. The van der Waals surface area contributed by atoms with E-state index in [4.69, 9.17) is 23.4 Å². The molecule has 0 saturated carbocycles. The van der Waals surface area contributed by atoms with Crippen molar-refractivity contribution in [1.29, 1.82) is 0 Å². The molecule has 2 aromatic carbocycles. The molecule has 0 amide bonds. The Morgan fingerprint density at radius 3 is 2.78 bits per heavy atom. The van der Waals surface area contributed by atoms with Crippen LogP contribution in [-0.2, 0) is 11.3 Å². The zero-order valence-corrected chi connectivity index (χ0v) is 14.6. The maximum atomic E-state index is 12.4. The van der Waals surface area contributed by atoms with Gasteiger partial charge in [-0.2, -0.15) is 0 Å². The number of esters is 1. The van der Waals surface area contributed by atoms with Gasteiger partial charge in [-0.15, -0.1) is 0 Å². The van der Waals surface area contributed by atoms with E-state index < -0.39 is 5.97 Å². The second-order valence-electron chi connectivity index (χ2n) is 5.76. The highest BCUT2D eigenvalue weighted by molar-refractivity contribution is 5.91. The molecular weight excluding hydrogens is 350 g/mol. The van der Waals surface area contributed by atoms with Crippen molar-refractivity contribution in [3.05, 3.63) is 60.1 Å². The zero-order valence-electron chi connectivity index (χ0n) is 14.6. The molecule has 138 valence electrons. The first kappa shape index (κ1) is 17.0. The van der Waals surface area contributed by atoms with Crippen LogP contribution in [0.15, 0.2) is 53.1 Å². The fourth-order valence-electron chi connectivity index (χ4n) is 2.71. The summed E-state index contributed by atoms with van der Waals surface area (Å²) in [5.41, 5.74) is 1.20. The van der Waals surface area contributed by atoms with E-state index in [9.17, 15) is 4.79 Å². The molecule has 0 aliphatic carbocycles. The second kappa shape index (κ2) is 7.41. The van der Waals surface area contributed by atoms with Gasteiger partial charge in [-0.05, 0) is 12.1 Å². The van der Waals surface area contributed by atoms with Crippen LogP contribution in [-0.4, -0.2) is 31.3 Å². The van der Waals surface area contributed by atoms with Crippen LogP contribution in [0.4, 0.5) is 0 Å². The Morgan fingerprint density at radius 1 is 1.15 bits per heavy atom. The smallest absolute Gasteiger partial charge is 0.338 e. The molecule has 27 heavy (non-hydrogen) atoms. The lowest BCUT2D eigenvalue weighted by molar-refractivity contribution is 0.0437. The molecule has 7 heteroatoms. The highest BCUT2D eigenvalue weighted by Crippen LogP contribution is 2.40. The van der Waals surface area contributed by atoms with Crippen molar-refractivity contribution in [2.45, 2.75) is 6.61 Å². The van der Waals surface area contributed by atoms with Gasteiger partial charge in [0.15, 0.2) is 23.9 Å². The highest BCUT2D eigenvalue weighted by atomic mass is 16.6. The van der Waals surface area contributed by atoms with E-state index in [-0.39, 0.29) is 6.61 Å². The molecule has 0 saturated heterocycles. The van der Waals surface area contributed by atoms with Crippen molar-refractivity contribution in [2.75, 3.05) is 20.3 Å². The van der Waals surface area contributed by atoms with E-state index in [0.29, 0.717) is 47.7 Å². The van der Waals surface area contributed by atoms with Crippen molar-refractivity contribution in [2.24, 2.45) is 0 Å². The van der Waals surface area contributed by atoms with Crippen molar-refractivity contribution >= 4 is 5.97 Å². The quantitative estimate of drug-likeness (QED) is 0.639. The summed E-state index contributed by atoms with van der Waals surface area (Å²) in [5.74, 6) is 1.75. The number of hydrogen-bond donors (Lipinski definition) is 0. The Bertz CT molecular complexity index is 933. The summed E-state index contributed by atoms with van der Waals surface area (Å²) in [4.78, 5) is 16.6. The molecule has 4 rings (SSSR count). The topological polar surface area (TPSA) is 80.0 Å². The lowest BCUT2D eigenvalue weighted by Gasteiger charge is -2.21. The molecule has 0 bridgehead atoms. The Morgan fingerprint density at radius 2 is 1.96 bits per heavy atom. The second-order valence-corrected chi connectivity index (χ2v) is 5.76. The number of carbonyl (C=O) groups is 1. The molecule has 0 radical (unpaired) electrons. The van der Waals surface area contributed by atoms with Gasteiger partial charge in [-0.25, -0.2) is 9.78 Å². The standard InChI is InChI=1S/C20H17NO6/c1-23-15-9-14(10-16-19(15)25-8-7-24-16)20(22)26-12-18-21-11-17(27-18)13-5-3-2-4-6-13/h2-6,9-11H,7-8,12H2,1H3. The minimum absolute atomic E-state index is 0.0809. The van der Waals surface area contributed by atoms with Crippen LogP contribution in [0.3, 0.4) is 0 Å². The third-order valence-electron chi connectivity index (χ3n) is 4.00. The van der Waals surface area contributed by atoms with E-state index >= 15 is 0 Å². The zero-order chi connectivity index (χ0) is 18.6. The summed E-state index contributed by atoms with van der Waals surface area (Å²) >= 11 is 0. The fraction of sp³-hybridized carbons (Fsp3) is 0.200. The Labute approximate surface area is 155 Å². The van der Waals surface area contributed by atoms with Gasteiger partial charge in [0, 0.05) is 5.56 Å². The number of benzene rings is 2. The Hall–Kier alpha value is -3.48. The third kappa shape index (κ3) is 3.57. The largest absolute Gasteiger partial charge is 0.493 e. The van der Waals surface area contributed by atoms with Gasteiger partial charge >= 0.3 is 5.97 Å². The third-order valence-corrected chi connectivity index (χ3v) is 4.00. The van der Waals surface area contributed by atoms with Crippen LogP contribution < -0.4 is 14.2 Å².